The summed E-state index contributed by atoms with van der Waals surface area (Å²) in [5.41, 5.74) is 0. The van der Waals surface area contributed by atoms with Gasteiger partial charge < -0.3 is 0 Å². The molecule has 0 saturated heterocycles. The summed E-state index contributed by atoms with van der Waals surface area (Å²) in [4.78, 5) is 1.03. The van der Waals surface area contributed by atoms with Crippen LogP contribution in [-0.4, -0.2) is 5.75 Å². The van der Waals surface area contributed by atoms with E-state index in [0.29, 0.717) is 0 Å². The van der Waals surface area contributed by atoms with Gasteiger partial charge in [-0.2, -0.15) is 0 Å². The number of halogens is 1. The molecule has 0 N–H and O–H groups in total. The normalized spacial score (nSPS) is 10.2. The van der Waals surface area contributed by atoms with Gasteiger partial charge in [0.1, 0.15) is 5.82 Å². The number of unbranched alkanes of at least 4 members (excludes halogenated alkanes) is 3. The Labute approximate surface area is 95.6 Å². The van der Waals surface area contributed by atoms with Gasteiger partial charge in [0.2, 0.25) is 0 Å². The van der Waals surface area contributed by atoms with E-state index in [1.54, 1.807) is 23.9 Å². The van der Waals surface area contributed by atoms with Crippen LogP contribution >= 0.6 is 11.8 Å². The largest absolute Gasteiger partial charge is 0.207 e. The van der Waals surface area contributed by atoms with E-state index in [-0.39, 0.29) is 5.82 Å². The third-order valence-corrected chi connectivity index (χ3v) is 3.20. The average Bonchev–Trinajstić information content (AvgIpc) is 2.23. The van der Waals surface area contributed by atoms with Crippen molar-refractivity contribution >= 4 is 11.8 Å². The molecule has 0 atom stereocenters. The van der Waals surface area contributed by atoms with Gasteiger partial charge in [0.25, 0.3) is 0 Å². The fourth-order valence-electron chi connectivity index (χ4n) is 1.31. The minimum absolute atomic E-state index is 0.147. The summed E-state index contributed by atoms with van der Waals surface area (Å²) >= 11 is 1.73. The lowest BCUT2D eigenvalue weighted by Crippen LogP contribution is -1.82. The van der Waals surface area contributed by atoms with Crippen molar-refractivity contribution in [3.8, 4) is 0 Å². The second-order valence-corrected chi connectivity index (χ2v) is 4.61. The quantitative estimate of drug-likeness (QED) is 0.368. The first-order chi connectivity index (χ1) is 7.33. The Hall–Kier alpha value is -0.760. The van der Waals surface area contributed by atoms with Crippen molar-refractivity contribution < 1.29 is 4.39 Å². The number of benzene rings is 1. The maximum Gasteiger partial charge on any atom is 0.124 e. The third-order valence-electron chi connectivity index (χ3n) is 2.12. The van der Waals surface area contributed by atoms with Crippen molar-refractivity contribution in [3.05, 3.63) is 42.7 Å². The van der Waals surface area contributed by atoms with E-state index >= 15 is 0 Å². The molecule has 0 fully saturated rings. The van der Waals surface area contributed by atoms with Crippen LogP contribution in [0.2, 0.25) is 0 Å². The Balaban J connectivity index is 2.12. The van der Waals surface area contributed by atoms with Gasteiger partial charge in [-0.15, -0.1) is 18.3 Å². The first kappa shape index (κ1) is 12.3. The number of allylic oxidation sites excluding steroid dienone is 1. The minimum atomic E-state index is -0.147. The SMILES string of the molecule is C=CCCCCCSc1cccc(F)c1. The Morgan fingerprint density at radius 3 is 2.87 bits per heavy atom. The van der Waals surface area contributed by atoms with Gasteiger partial charge in [-0.1, -0.05) is 18.6 Å². The van der Waals surface area contributed by atoms with Crippen LogP contribution in [0.3, 0.4) is 0 Å². The maximum atomic E-state index is 12.8. The van der Waals surface area contributed by atoms with E-state index in [1.165, 1.54) is 25.3 Å². The summed E-state index contributed by atoms with van der Waals surface area (Å²) < 4.78 is 12.8. The van der Waals surface area contributed by atoms with E-state index < -0.39 is 0 Å². The molecule has 0 heterocycles. The Morgan fingerprint density at radius 1 is 1.27 bits per heavy atom. The van der Waals surface area contributed by atoms with Crippen molar-refractivity contribution in [1.29, 1.82) is 0 Å². The Morgan fingerprint density at radius 2 is 2.13 bits per heavy atom. The fraction of sp³-hybridized carbons (Fsp3) is 0.385. The first-order valence-corrected chi connectivity index (χ1v) is 6.31. The molecule has 0 radical (unpaired) electrons. The molecule has 0 amide bonds. The molecule has 2 heteroatoms. The molecule has 1 aromatic rings. The number of rotatable bonds is 7. The van der Waals surface area contributed by atoms with Crippen LogP contribution in [0.4, 0.5) is 4.39 Å². The standard InChI is InChI=1S/C13H17FS/c1-2-3-4-5-6-10-15-13-9-7-8-12(14)11-13/h2,7-9,11H,1,3-6,10H2. The fourth-order valence-corrected chi connectivity index (χ4v) is 2.27. The van der Waals surface area contributed by atoms with E-state index in [0.717, 1.165) is 17.1 Å². The molecule has 0 unspecified atom stereocenters. The highest BCUT2D eigenvalue weighted by Gasteiger charge is 1.95. The van der Waals surface area contributed by atoms with Gasteiger partial charge in [0.15, 0.2) is 0 Å². The molecule has 15 heavy (non-hydrogen) atoms. The van der Waals surface area contributed by atoms with Crippen LogP contribution in [0.15, 0.2) is 41.8 Å². The van der Waals surface area contributed by atoms with Gasteiger partial charge in [0, 0.05) is 4.90 Å². The topological polar surface area (TPSA) is 0 Å². The first-order valence-electron chi connectivity index (χ1n) is 5.32. The van der Waals surface area contributed by atoms with Crippen molar-refractivity contribution in [2.45, 2.75) is 30.6 Å². The lowest BCUT2D eigenvalue weighted by atomic mass is 10.2. The average molecular weight is 224 g/mol. The van der Waals surface area contributed by atoms with Crippen LogP contribution in [-0.2, 0) is 0 Å². The summed E-state index contributed by atoms with van der Waals surface area (Å²) in [5, 5.41) is 0. The van der Waals surface area contributed by atoms with Crippen LogP contribution in [0, 0.1) is 5.82 Å². The molecule has 0 aromatic heterocycles. The molecule has 1 aromatic carbocycles. The van der Waals surface area contributed by atoms with E-state index in [9.17, 15) is 4.39 Å². The highest BCUT2D eigenvalue weighted by atomic mass is 32.2. The highest BCUT2D eigenvalue weighted by Crippen LogP contribution is 2.20. The lowest BCUT2D eigenvalue weighted by molar-refractivity contribution is 0.624. The molecule has 82 valence electrons. The summed E-state index contributed by atoms with van der Waals surface area (Å²) in [7, 11) is 0. The lowest BCUT2D eigenvalue weighted by Gasteiger charge is -2.01. The van der Waals surface area contributed by atoms with Gasteiger partial charge >= 0.3 is 0 Å². The van der Waals surface area contributed by atoms with Crippen LogP contribution in [0.25, 0.3) is 0 Å². The molecule has 0 bridgehead atoms. The maximum absolute atomic E-state index is 12.8. The second-order valence-electron chi connectivity index (χ2n) is 3.44. The van der Waals surface area contributed by atoms with Gasteiger partial charge in [-0.3, -0.25) is 0 Å². The molecule has 1 rings (SSSR count). The van der Waals surface area contributed by atoms with E-state index in [2.05, 4.69) is 6.58 Å². The predicted octanol–water partition coefficient (Wildman–Crippen LogP) is 4.66. The zero-order valence-electron chi connectivity index (χ0n) is 8.92. The zero-order valence-corrected chi connectivity index (χ0v) is 9.73. The van der Waals surface area contributed by atoms with Gasteiger partial charge in [-0.25, -0.2) is 4.39 Å². The molecule has 0 nitrogen and oxygen atoms in total. The number of hydrogen-bond acceptors (Lipinski definition) is 1. The molecule has 0 saturated carbocycles. The van der Waals surface area contributed by atoms with Crippen molar-refractivity contribution in [2.75, 3.05) is 5.75 Å². The van der Waals surface area contributed by atoms with Crippen LogP contribution in [0.5, 0.6) is 0 Å². The Bertz CT molecular complexity index is 296. The molecule has 0 aliphatic heterocycles. The Kier molecular flexibility index (Phi) is 6.17. The minimum Gasteiger partial charge on any atom is -0.207 e. The third kappa shape index (κ3) is 5.63. The van der Waals surface area contributed by atoms with Gasteiger partial charge in [-0.05, 0) is 43.2 Å². The van der Waals surface area contributed by atoms with Crippen LogP contribution in [0.1, 0.15) is 25.7 Å². The smallest absolute Gasteiger partial charge is 0.124 e. The van der Waals surface area contributed by atoms with E-state index in [4.69, 9.17) is 0 Å². The predicted molar refractivity (Wildman–Crippen MR) is 65.8 cm³/mol. The summed E-state index contributed by atoms with van der Waals surface area (Å²) in [6, 6.07) is 6.79. The van der Waals surface area contributed by atoms with Crippen molar-refractivity contribution in [2.24, 2.45) is 0 Å². The summed E-state index contributed by atoms with van der Waals surface area (Å²) in [6.45, 7) is 3.69. The van der Waals surface area contributed by atoms with Crippen molar-refractivity contribution in [1.82, 2.24) is 0 Å². The van der Waals surface area contributed by atoms with Gasteiger partial charge in [0.05, 0.1) is 0 Å². The summed E-state index contributed by atoms with van der Waals surface area (Å²) in [6.07, 6.45) is 6.70. The monoisotopic (exact) mass is 224 g/mol. The molecule has 0 spiro atoms. The second kappa shape index (κ2) is 7.52. The number of hydrogen-bond donors (Lipinski definition) is 0. The highest BCUT2D eigenvalue weighted by molar-refractivity contribution is 7.99. The summed E-state index contributed by atoms with van der Waals surface area (Å²) in [5.74, 6) is 0.923. The number of thioether (sulfide) groups is 1. The molecule has 0 aliphatic carbocycles. The molecular formula is C13H17FS. The zero-order chi connectivity index (χ0) is 10.9. The molecule has 0 aliphatic rings. The van der Waals surface area contributed by atoms with Crippen molar-refractivity contribution in [3.63, 3.8) is 0 Å². The molecular weight excluding hydrogens is 207 g/mol. The van der Waals surface area contributed by atoms with Crippen LogP contribution < -0.4 is 0 Å². The van der Waals surface area contributed by atoms with E-state index in [1.807, 2.05) is 12.1 Å².